The Bertz CT molecular complexity index is 758. The summed E-state index contributed by atoms with van der Waals surface area (Å²) >= 11 is 1.40. The molecule has 1 atom stereocenters. The van der Waals surface area contributed by atoms with Gasteiger partial charge in [0.2, 0.25) is 0 Å². The summed E-state index contributed by atoms with van der Waals surface area (Å²) in [6, 6.07) is 6.87. The molecule has 0 radical (unpaired) electrons. The molecule has 2 aromatic rings. The first-order valence-electron chi connectivity index (χ1n) is 7.71. The fourth-order valence-electron chi connectivity index (χ4n) is 2.11. The lowest BCUT2D eigenvalue weighted by atomic mass is 9.98. The number of aliphatic carboxylic acids is 1. The van der Waals surface area contributed by atoms with Gasteiger partial charge in [-0.15, -0.1) is 11.3 Å². The van der Waals surface area contributed by atoms with Gasteiger partial charge in [-0.05, 0) is 31.5 Å². The summed E-state index contributed by atoms with van der Waals surface area (Å²) in [5.41, 5.74) is 1.96. The van der Waals surface area contributed by atoms with Crippen molar-refractivity contribution in [1.29, 1.82) is 0 Å². The molecular formula is C18H22N2O3S. The number of nitrogens with one attached hydrogen (secondary N) is 1. The van der Waals surface area contributed by atoms with Crippen LogP contribution >= 0.6 is 11.3 Å². The molecule has 6 heteroatoms. The molecule has 0 fully saturated rings. The third-order valence-corrected chi connectivity index (χ3v) is 5.27. The van der Waals surface area contributed by atoms with Gasteiger partial charge in [0.15, 0.2) is 0 Å². The van der Waals surface area contributed by atoms with E-state index in [-0.39, 0.29) is 11.3 Å². The second-order valence-corrected chi connectivity index (χ2v) is 7.82. The van der Waals surface area contributed by atoms with Gasteiger partial charge in [-0.1, -0.05) is 32.9 Å². The van der Waals surface area contributed by atoms with Gasteiger partial charge < -0.3 is 10.4 Å². The number of thiazole rings is 1. The van der Waals surface area contributed by atoms with Crippen molar-refractivity contribution in [3.8, 4) is 0 Å². The Balaban J connectivity index is 2.15. The van der Waals surface area contributed by atoms with Crippen molar-refractivity contribution in [3.63, 3.8) is 0 Å². The van der Waals surface area contributed by atoms with Crippen LogP contribution in [0.5, 0.6) is 0 Å². The van der Waals surface area contributed by atoms with E-state index in [1.807, 2.05) is 6.92 Å². The second-order valence-electron chi connectivity index (χ2n) is 6.82. The number of rotatable bonds is 4. The van der Waals surface area contributed by atoms with Crippen LogP contribution in [0.4, 0.5) is 5.69 Å². The first-order chi connectivity index (χ1) is 11.1. The Morgan fingerprint density at radius 2 is 1.79 bits per heavy atom. The molecule has 5 nitrogen and oxygen atoms in total. The van der Waals surface area contributed by atoms with Crippen LogP contribution < -0.4 is 5.32 Å². The Labute approximate surface area is 145 Å². The maximum absolute atomic E-state index is 12.5. The summed E-state index contributed by atoms with van der Waals surface area (Å²) in [6.45, 7) is 9.66. The topological polar surface area (TPSA) is 79.3 Å². The van der Waals surface area contributed by atoms with Gasteiger partial charge in [0.25, 0.3) is 5.91 Å². The highest BCUT2D eigenvalue weighted by Gasteiger charge is 2.23. The third kappa shape index (κ3) is 4.00. The fourth-order valence-corrected chi connectivity index (χ4v) is 3.13. The van der Waals surface area contributed by atoms with Crippen LogP contribution in [0, 0.1) is 6.92 Å². The van der Waals surface area contributed by atoms with Crippen LogP contribution in [0.3, 0.4) is 0 Å². The molecule has 1 amide bonds. The SMILES string of the molecule is Cc1nc(C(C)(C)C)sc1C(=O)Nc1ccc(C(C)C(=O)O)cc1. The van der Waals surface area contributed by atoms with E-state index in [0.717, 1.165) is 10.7 Å². The quantitative estimate of drug-likeness (QED) is 0.870. The summed E-state index contributed by atoms with van der Waals surface area (Å²) in [6.07, 6.45) is 0. The number of hydrogen-bond donors (Lipinski definition) is 2. The number of amides is 1. The average molecular weight is 346 g/mol. The number of anilines is 1. The number of benzene rings is 1. The molecule has 0 saturated carbocycles. The van der Waals surface area contributed by atoms with Gasteiger partial charge in [0.05, 0.1) is 16.6 Å². The number of carboxylic acid groups (broad SMARTS) is 1. The first-order valence-corrected chi connectivity index (χ1v) is 8.53. The lowest BCUT2D eigenvalue weighted by Crippen LogP contribution is -2.12. The van der Waals surface area contributed by atoms with Crippen LogP contribution in [0.2, 0.25) is 0 Å². The molecule has 24 heavy (non-hydrogen) atoms. The molecule has 0 aliphatic carbocycles. The van der Waals surface area contributed by atoms with Gasteiger partial charge in [-0.2, -0.15) is 0 Å². The standard InChI is InChI=1S/C18H22N2O3S/c1-10(16(22)23)12-6-8-13(9-7-12)20-15(21)14-11(2)19-17(24-14)18(3,4)5/h6-10H,1-5H3,(H,20,21)(H,22,23). The highest BCUT2D eigenvalue weighted by atomic mass is 32.1. The van der Waals surface area contributed by atoms with E-state index >= 15 is 0 Å². The zero-order valence-electron chi connectivity index (χ0n) is 14.5. The normalized spacial score (nSPS) is 12.7. The molecule has 128 valence electrons. The molecule has 1 unspecified atom stereocenters. The highest BCUT2D eigenvalue weighted by molar-refractivity contribution is 7.14. The first kappa shape index (κ1) is 18.1. The minimum absolute atomic E-state index is 0.0947. The Hall–Kier alpha value is -2.21. The molecule has 1 heterocycles. The van der Waals surface area contributed by atoms with E-state index in [1.165, 1.54) is 11.3 Å². The van der Waals surface area contributed by atoms with Crippen LogP contribution in [0.25, 0.3) is 0 Å². The smallest absolute Gasteiger partial charge is 0.310 e. The second kappa shape index (κ2) is 6.73. The predicted octanol–water partition coefficient (Wildman–Crippen LogP) is 4.19. The molecule has 0 bridgehead atoms. The fraction of sp³-hybridized carbons (Fsp3) is 0.389. The number of aromatic nitrogens is 1. The molecule has 0 spiro atoms. The molecule has 0 saturated heterocycles. The third-order valence-electron chi connectivity index (χ3n) is 3.68. The van der Waals surface area contributed by atoms with E-state index in [1.54, 1.807) is 31.2 Å². The van der Waals surface area contributed by atoms with Crippen molar-refractivity contribution >= 4 is 28.9 Å². The summed E-state index contributed by atoms with van der Waals surface area (Å²) in [5, 5.41) is 12.8. The van der Waals surface area contributed by atoms with Gasteiger partial charge in [0.1, 0.15) is 4.88 Å². The van der Waals surface area contributed by atoms with Crippen molar-refractivity contribution < 1.29 is 14.7 Å². The number of carbonyl (C=O) groups excluding carboxylic acids is 1. The molecule has 1 aromatic heterocycles. The number of aryl methyl sites for hydroxylation is 1. The van der Waals surface area contributed by atoms with E-state index in [2.05, 4.69) is 31.1 Å². The summed E-state index contributed by atoms with van der Waals surface area (Å²) in [7, 11) is 0. The molecule has 2 N–H and O–H groups in total. The van der Waals surface area contributed by atoms with Crippen molar-refractivity contribution in [2.24, 2.45) is 0 Å². The van der Waals surface area contributed by atoms with Crippen molar-refractivity contribution in [2.45, 2.75) is 46.0 Å². The predicted molar refractivity (Wildman–Crippen MR) is 96.0 cm³/mol. The van der Waals surface area contributed by atoms with Gasteiger partial charge in [-0.3, -0.25) is 9.59 Å². The zero-order valence-corrected chi connectivity index (χ0v) is 15.3. The maximum Gasteiger partial charge on any atom is 0.310 e. The van der Waals surface area contributed by atoms with Crippen molar-refractivity contribution in [2.75, 3.05) is 5.32 Å². The Morgan fingerprint density at radius 3 is 2.25 bits per heavy atom. The largest absolute Gasteiger partial charge is 0.481 e. The maximum atomic E-state index is 12.5. The monoisotopic (exact) mass is 346 g/mol. The molecule has 1 aromatic carbocycles. The summed E-state index contributed by atoms with van der Waals surface area (Å²) < 4.78 is 0. The molecule has 2 rings (SSSR count). The number of carboxylic acids is 1. The summed E-state index contributed by atoms with van der Waals surface area (Å²) in [5.74, 6) is -1.64. The van der Waals surface area contributed by atoms with E-state index in [9.17, 15) is 9.59 Å². The van der Waals surface area contributed by atoms with Crippen LogP contribution in [-0.4, -0.2) is 22.0 Å². The van der Waals surface area contributed by atoms with Crippen molar-refractivity contribution in [3.05, 3.63) is 45.4 Å². The number of nitrogens with zero attached hydrogens (tertiary/aromatic N) is 1. The number of carbonyl (C=O) groups is 2. The Kier molecular flexibility index (Phi) is 5.08. The van der Waals surface area contributed by atoms with Gasteiger partial charge in [0, 0.05) is 11.1 Å². The molecule has 0 aliphatic heterocycles. The minimum atomic E-state index is -0.873. The average Bonchev–Trinajstić information content (AvgIpc) is 2.89. The van der Waals surface area contributed by atoms with Crippen molar-refractivity contribution in [1.82, 2.24) is 4.98 Å². The van der Waals surface area contributed by atoms with E-state index < -0.39 is 11.9 Å². The Morgan fingerprint density at radius 1 is 1.21 bits per heavy atom. The molecule has 0 aliphatic rings. The van der Waals surface area contributed by atoms with Crippen LogP contribution in [0.15, 0.2) is 24.3 Å². The minimum Gasteiger partial charge on any atom is -0.481 e. The van der Waals surface area contributed by atoms with E-state index in [0.29, 0.717) is 16.1 Å². The molecular weight excluding hydrogens is 324 g/mol. The van der Waals surface area contributed by atoms with Gasteiger partial charge >= 0.3 is 5.97 Å². The van der Waals surface area contributed by atoms with Gasteiger partial charge in [-0.25, -0.2) is 4.98 Å². The lowest BCUT2D eigenvalue weighted by molar-refractivity contribution is -0.138. The van der Waals surface area contributed by atoms with Crippen LogP contribution in [0.1, 0.15) is 59.5 Å². The highest BCUT2D eigenvalue weighted by Crippen LogP contribution is 2.29. The number of hydrogen-bond acceptors (Lipinski definition) is 4. The zero-order chi connectivity index (χ0) is 18.1. The summed E-state index contributed by atoms with van der Waals surface area (Å²) in [4.78, 5) is 28.6. The van der Waals surface area contributed by atoms with E-state index in [4.69, 9.17) is 5.11 Å². The lowest BCUT2D eigenvalue weighted by Gasteiger charge is -2.13. The van der Waals surface area contributed by atoms with Crippen LogP contribution in [-0.2, 0) is 10.2 Å².